The van der Waals surface area contributed by atoms with Crippen LogP contribution in [0.3, 0.4) is 0 Å². The Morgan fingerprint density at radius 3 is 2.07 bits per heavy atom. The number of urea groups is 1. The smallest absolute Gasteiger partial charge is 0.329 e. The van der Waals surface area contributed by atoms with Gasteiger partial charge in [-0.05, 0) is 74.5 Å². The maximum atomic E-state index is 14.0. The van der Waals surface area contributed by atoms with Gasteiger partial charge in [-0.1, -0.05) is 47.5 Å². The number of hydrogen-bond acceptors (Lipinski definition) is 7. The van der Waals surface area contributed by atoms with Crippen LogP contribution in [0.5, 0.6) is 0 Å². The summed E-state index contributed by atoms with van der Waals surface area (Å²) in [7, 11) is 0. The molecule has 0 bridgehead atoms. The minimum Gasteiger partial charge on any atom is -0.458 e. The Kier molecular flexibility index (Phi) is 9.19. The van der Waals surface area contributed by atoms with Crippen LogP contribution in [-0.4, -0.2) is 76.7 Å². The van der Waals surface area contributed by atoms with Gasteiger partial charge in [-0.15, -0.1) is 0 Å². The summed E-state index contributed by atoms with van der Waals surface area (Å²) in [6.45, 7) is 13.1. The SMILES string of the molecule is CC(C)[C@H](NC(=O)N[C@H](C(=O)N1C[C@@H]2C[C@@H]2[C@H]1C(=O)NC(CC1CC1)C(=O)C(N)=O)C(C)(C)C)C(=O)OC(C)(C)C1CC1. The van der Waals surface area contributed by atoms with E-state index in [0.29, 0.717) is 18.9 Å². The molecular formula is C31H49N5O7. The Bertz CT molecular complexity index is 1150. The molecule has 0 spiro atoms. The number of nitrogens with two attached hydrogens (primary N) is 1. The van der Waals surface area contributed by atoms with Crippen molar-refractivity contribution in [1.29, 1.82) is 0 Å². The molecule has 1 unspecified atom stereocenters. The Hall–Kier alpha value is -3.18. The highest BCUT2D eigenvalue weighted by molar-refractivity contribution is 6.37. The van der Waals surface area contributed by atoms with E-state index in [-0.39, 0.29) is 23.7 Å². The van der Waals surface area contributed by atoms with Crippen molar-refractivity contribution >= 4 is 35.5 Å². The van der Waals surface area contributed by atoms with Crippen LogP contribution in [0.2, 0.25) is 0 Å². The van der Waals surface area contributed by atoms with Crippen molar-refractivity contribution in [3.63, 3.8) is 0 Å². The Balaban J connectivity index is 1.45. The Labute approximate surface area is 253 Å². The zero-order chi connectivity index (χ0) is 32.0. The van der Waals surface area contributed by atoms with Crippen LogP contribution in [0.25, 0.3) is 0 Å². The number of amides is 5. The number of esters is 1. The van der Waals surface area contributed by atoms with Gasteiger partial charge >= 0.3 is 12.0 Å². The summed E-state index contributed by atoms with van der Waals surface area (Å²) in [6, 6.07) is -4.46. The molecule has 6 atom stereocenters. The van der Waals surface area contributed by atoms with Gasteiger partial charge in [0, 0.05) is 6.54 Å². The predicted molar refractivity (Wildman–Crippen MR) is 157 cm³/mol. The molecule has 5 N–H and O–H groups in total. The summed E-state index contributed by atoms with van der Waals surface area (Å²) >= 11 is 0. The van der Waals surface area contributed by atoms with Gasteiger partial charge in [0.15, 0.2) is 0 Å². The third-order valence-corrected chi connectivity index (χ3v) is 9.36. The third-order valence-electron chi connectivity index (χ3n) is 9.36. The van der Waals surface area contributed by atoms with E-state index in [9.17, 15) is 28.8 Å². The predicted octanol–water partition coefficient (Wildman–Crippen LogP) is 1.64. The van der Waals surface area contributed by atoms with Gasteiger partial charge in [-0.25, -0.2) is 9.59 Å². The zero-order valence-electron chi connectivity index (χ0n) is 26.5. The number of rotatable bonds is 13. The maximum absolute atomic E-state index is 14.0. The second-order valence-corrected chi connectivity index (χ2v) is 15.0. The van der Waals surface area contributed by atoms with Gasteiger partial charge in [-0.2, -0.15) is 0 Å². The van der Waals surface area contributed by atoms with Gasteiger partial charge in [0.05, 0.1) is 6.04 Å². The number of nitrogens with one attached hydrogen (secondary N) is 3. The van der Waals surface area contributed by atoms with Gasteiger partial charge in [0.25, 0.3) is 5.91 Å². The molecule has 4 aliphatic rings. The first-order valence-corrected chi connectivity index (χ1v) is 15.6. The number of fused-ring (bicyclic) bond motifs is 1. The Morgan fingerprint density at radius 1 is 0.930 bits per heavy atom. The van der Waals surface area contributed by atoms with Gasteiger partial charge in [0.1, 0.15) is 23.7 Å². The molecule has 4 fully saturated rings. The highest BCUT2D eigenvalue weighted by Crippen LogP contribution is 2.50. The number of Topliss-reactive ketones (excluding diaryl/α,β-unsaturated/α-hetero) is 1. The molecule has 5 amide bonds. The molecule has 0 aromatic heterocycles. The lowest BCUT2D eigenvalue weighted by molar-refractivity contribution is -0.162. The highest BCUT2D eigenvalue weighted by atomic mass is 16.6. The normalized spacial score (nSPS) is 25.2. The van der Waals surface area contributed by atoms with Crippen molar-refractivity contribution in [3.8, 4) is 0 Å². The van der Waals surface area contributed by atoms with Crippen LogP contribution in [0.15, 0.2) is 0 Å². The molecule has 3 aliphatic carbocycles. The van der Waals surface area contributed by atoms with Crippen LogP contribution in [0.4, 0.5) is 4.79 Å². The second-order valence-electron chi connectivity index (χ2n) is 15.0. The summed E-state index contributed by atoms with van der Waals surface area (Å²) in [5.74, 6) is -2.99. The quantitative estimate of drug-likeness (QED) is 0.183. The van der Waals surface area contributed by atoms with Crippen molar-refractivity contribution in [2.45, 2.75) is 117 Å². The molecule has 1 heterocycles. The molecule has 0 aromatic rings. The van der Waals surface area contributed by atoms with Crippen molar-refractivity contribution in [1.82, 2.24) is 20.9 Å². The number of primary amides is 1. The molecule has 1 saturated heterocycles. The van der Waals surface area contributed by atoms with E-state index in [2.05, 4.69) is 16.0 Å². The number of carbonyl (C=O) groups is 6. The topological polar surface area (TPSA) is 177 Å². The fraction of sp³-hybridized carbons (Fsp3) is 0.806. The van der Waals surface area contributed by atoms with E-state index in [0.717, 1.165) is 32.1 Å². The van der Waals surface area contributed by atoms with E-state index in [4.69, 9.17) is 10.5 Å². The fourth-order valence-electron chi connectivity index (χ4n) is 6.19. The van der Waals surface area contributed by atoms with E-state index in [1.807, 2.05) is 48.5 Å². The second kappa shape index (κ2) is 12.1. The lowest BCUT2D eigenvalue weighted by atomic mass is 9.85. The molecule has 1 aliphatic heterocycles. The number of piperidine rings is 1. The highest BCUT2D eigenvalue weighted by Gasteiger charge is 2.58. The first-order chi connectivity index (χ1) is 19.9. The third kappa shape index (κ3) is 7.86. The van der Waals surface area contributed by atoms with Crippen LogP contribution in [0, 0.1) is 35.0 Å². The number of nitrogens with zero attached hydrogens (tertiary/aromatic N) is 1. The maximum Gasteiger partial charge on any atom is 0.329 e. The molecule has 0 aromatic carbocycles. The number of ether oxygens (including phenoxy) is 1. The first-order valence-electron chi connectivity index (χ1n) is 15.6. The van der Waals surface area contributed by atoms with Crippen LogP contribution >= 0.6 is 0 Å². The molecule has 12 heteroatoms. The Morgan fingerprint density at radius 2 is 1.56 bits per heavy atom. The summed E-state index contributed by atoms with van der Waals surface area (Å²) < 4.78 is 5.78. The standard InChI is InChI=1S/C31H49N5O7/c1-15(2)21(28(41)43-31(6,7)18-10-11-18)34-29(42)35-24(30(3,4)5)27(40)36-14-17-13-19(17)22(36)26(39)33-20(12-16-8-9-16)23(37)25(32)38/h15-22,24H,8-14H2,1-7H3,(H2,32,38)(H,33,39)(H2,34,35,42)/t17-,19-,20?,21-,22-,24+/m0/s1. The van der Waals surface area contributed by atoms with Crippen molar-refractivity contribution < 1.29 is 33.5 Å². The number of ketones is 1. The summed E-state index contributed by atoms with van der Waals surface area (Å²) in [5, 5.41) is 8.21. The van der Waals surface area contributed by atoms with E-state index >= 15 is 0 Å². The summed E-state index contributed by atoms with van der Waals surface area (Å²) in [5.41, 5.74) is 3.88. The summed E-state index contributed by atoms with van der Waals surface area (Å²) in [6.07, 6.45) is 4.96. The van der Waals surface area contributed by atoms with E-state index in [1.54, 1.807) is 0 Å². The van der Waals surface area contributed by atoms with Gasteiger partial charge in [-0.3, -0.25) is 19.2 Å². The van der Waals surface area contributed by atoms with Crippen molar-refractivity contribution in [2.75, 3.05) is 6.54 Å². The monoisotopic (exact) mass is 603 g/mol. The van der Waals surface area contributed by atoms with Crippen LogP contribution in [0.1, 0.15) is 87.0 Å². The van der Waals surface area contributed by atoms with Gasteiger partial charge < -0.3 is 31.3 Å². The summed E-state index contributed by atoms with van der Waals surface area (Å²) in [4.78, 5) is 79.5. The van der Waals surface area contributed by atoms with Crippen LogP contribution < -0.4 is 21.7 Å². The van der Waals surface area contributed by atoms with Gasteiger partial charge in [0.2, 0.25) is 17.6 Å². The van der Waals surface area contributed by atoms with Crippen molar-refractivity contribution in [2.24, 2.45) is 40.7 Å². The average molecular weight is 604 g/mol. The molecule has 240 valence electrons. The molecular weight excluding hydrogens is 554 g/mol. The zero-order valence-corrected chi connectivity index (χ0v) is 26.5. The van der Waals surface area contributed by atoms with E-state index < -0.39 is 70.7 Å². The number of hydrogen-bond donors (Lipinski definition) is 4. The van der Waals surface area contributed by atoms with E-state index in [1.165, 1.54) is 4.90 Å². The lowest BCUT2D eigenvalue weighted by Gasteiger charge is -2.37. The van der Waals surface area contributed by atoms with Crippen LogP contribution in [-0.2, 0) is 28.7 Å². The first kappa shape index (κ1) is 32.7. The minimum absolute atomic E-state index is 0.0569. The number of carbonyl (C=O) groups excluding carboxylic acids is 6. The molecule has 0 radical (unpaired) electrons. The molecule has 43 heavy (non-hydrogen) atoms. The van der Waals surface area contributed by atoms with Crippen molar-refractivity contribution in [3.05, 3.63) is 0 Å². The largest absolute Gasteiger partial charge is 0.458 e. The fourth-order valence-corrected chi connectivity index (χ4v) is 6.19. The molecule has 12 nitrogen and oxygen atoms in total. The number of likely N-dealkylation sites (tertiary alicyclic amines) is 1. The minimum atomic E-state index is -1.10. The molecule has 4 rings (SSSR count). The molecule has 3 saturated carbocycles. The lowest BCUT2D eigenvalue weighted by Crippen LogP contribution is -2.62. The average Bonchev–Trinajstić information content (AvgIpc) is 3.75.